The second-order valence-electron chi connectivity index (χ2n) is 10.4. The number of rotatable bonds is 6. The summed E-state index contributed by atoms with van der Waals surface area (Å²) in [5.41, 5.74) is 5.54. The predicted molar refractivity (Wildman–Crippen MR) is 138 cm³/mol. The Hall–Kier alpha value is -3.85. The highest BCUT2D eigenvalue weighted by Crippen LogP contribution is 2.69. The van der Waals surface area contributed by atoms with Gasteiger partial charge in [0.1, 0.15) is 23.2 Å². The molecule has 3 fully saturated rings. The summed E-state index contributed by atoms with van der Waals surface area (Å²) < 4.78 is 7.35. The lowest BCUT2D eigenvalue weighted by Crippen LogP contribution is -2.76. The van der Waals surface area contributed by atoms with Crippen LogP contribution in [0.15, 0.2) is 42.9 Å². The lowest BCUT2D eigenvalue weighted by atomic mass is 9.38. The van der Waals surface area contributed by atoms with Crippen molar-refractivity contribution < 1.29 is 9.53 Å². The number of pyridine rings is 1. The second kappa shape index (κ2) is 7.83. The van der Waals surface area contributed by atoms with Crippen LogP contribution in [0.3, 0.4) is 0 Å². The van der Waals surface area contributed by atoms with Crippen LogP contribution in [-0.2, 0) is 11.8 Å². The minimum Gasteiger partial charge on any atom is -0.493 e. The number of nitrogens with zero attached hydrogens (tertiary/aromatic N) is 6. The number of carbonyl (C=O) groups is 1. The van der Waals surface area contributed by atoms with Crippen molar-refractivity contribution in [3.05, 3.63) is 48.4 Å². The number of anilines is 1. The Morgan fingerprint density at radius 1 is 1.11 bits per heavy atom. The third-order valence-electron chi connectivity index (χ3n) is 7.87. The molecular weight excluding hydrogens is 454 g/mol. The monoisotopic (exact) mass is 483 g/mol. The third-order valence-corrected chi connectivity index (χ3v) is 7.87. The summed E-state index contributed by atoms with van der Waals surface area (Å²) in [6, 6.07) is 10.0. The largest absolute Gasteiger partial charge is 0.493 e. The summed E-state index contributed by atoms with van der Waals surface area (Å²) >= 11 is 0. The minimum absolute atomic E-state index is 0.00324. The SMILES string of the molecule is COc1cc2ncnc(-c3cn(C)nc3-c3ccc(C)cc3)c2nc1NC(=O)C12CC(N(C)C)(C1)C2. The number of carbonyl (C=O) groups excluding carboxylic acids is 1. The van der Waals surface area contributed by atoms with Gasteiger partial charge in [0.15, 0.2) is 11.6 Å². The molecule has 36 heavy (non-hydrogen) atoms. The fraction of sp³-hybridized carbons (Fsp3) is 0.370. The predicted octanol–water partition coefficient (Wildman–Crippen LogP) is 3.83. The molecule has 0 atom stereocenters. The molecule has 1 aromatic carbocycles. The van der Waals surface area contributed by atoms with E-state index in [0.717, 1.165) is 36.1 Å². The summed E-state index contributed by atoms with van der Waals surface area (Å²) in [7, 11) is 7.62. The van der Waals surface area contributed by atoms with E-state index in [2.05, 4.69) is 65.5 Å². The number of aromatic nitrogens is 5. The van der Waals surface area contributed by atoms with E-state index in [0.29, 0.717) is 28.3 Å². The summed E-state index contributed by atoms with van der Waals surface area (Å²) in [6.45, 7) is 2.06. The zero-order chi connectivity index (χ0) is 25.2. The van der Waals surface area contributed by atoms with E-state index < -0.39 is 0 Å². The van der Waals surface area contributed by atoms with Crippen LogP contribution in [0.25, 0.3) is 33.5 Å². The topological polar surface area (TPSA) is 98.1 Å². The highest BCUT2D eigenvalue weighted by molar-refractivity contribution is 6.01. The zero-order valence-electron chi connectivity index (χ0n) is 21.2. The number of amides is 1. The van der Waals surface area contributed by atoms with Crippen LogP contribution in [-0.4, -0.2) is 62.3 Å². The molecule has 3 heterocycles. The maximum Gasteiger partial charge on any atom is 0.232 e. The molecule has 3 aliphatic rings. The van der Waals surface area contributed by atoms with Crippen molar-refractivity contribution in [2.24, 2.45) is 12.5 Å². The number of ether oxygens (including phenoxy) is 1. The molecule has 9 nitrogen and oxygen atoms in total. The summed E-state index contributed by atoms with van der Waals surface area (Å²) in [5.74, 6) is 0.853. The number of fused-ring (bicyclic) bond motifs is 1. The van der Waals surface area contributed by atoms with Gasteiger partial charge in [-0.1, -0.05) is 29.8 Å². The first-order valence-electron chi connectivity index (χ1n) is 12.0. The van der Waals surface area contributed by atoms with Crippen LogP contribution in [0.1, 0.15) is 24.8 Å². The number of methoxy groups -OCH3 is 1. The maximum atomic E-state index is 13.3. The average Bonchev–Trinajstić information content (AvgIpc) is 3.18. The first kappa shape index (κ1) is 22.6. The van der Waals surface area contributed by atoms with Crippen molar-refractivity contribution >= 4 is 22.8 Å². The van der Waals surface area contributed by atoms with Gasteiger partial charge < -0.3 is 15.0 Å². The van der Waals surface area contributed by atoms with E-state index in [9.17, 15) is 4.79 Å². The smallest absolute Gasteiger partial charge is 0.232 e. The molecule has 3 aliphatic carbocycles. The molecule has 0 saturated heterocycles. The molecule has 1 amide bonds. The molecule has 0 aliphatic heterocycles. The van der Waals surface area contributed by atoms with Crippen molar-refractivity contribution in [2.45, 2.75) is 31.7 Å². The summed E-state index contributed by atoms with van der Waals surface area (Å²) in [5, 5.41) is 7.76. The molecule has 2 bridgehead atoms. The quantitative estimate of drug-likeness (QED) is 0.445. The van der Waals surface area contributed by atoms with Gasteiger partial charge >= 0.3 is 0 Å². The Morgan fingerprint density at radius 3 is 2.50 bits per heavy atom. The van der Waals surface area contributed by atoms with Gasteiger partial charge in [-0.2, -0.15) is 5.10 Å². The second-order valence-corrected chi connectivity index (χ2v) is 10.4. The van der Waals surface area contributed by atoms with Gasteiger partial charge in [0.2, 0.25) is 5.91 Å². The van der Waals surface area contributed by atoms with E-state index in [1.54, 1.807) is 17.9 Å². The first-order chi connectivity index (χ1) is 17.2. The maximum absolute atomic E-state index is 13.3. The fourth-order valence-corrected chi connectivity index (χ4v) is 5.69. The Balaban J connectivity index is 1.40. The van der Waals surface area contributed by atoms with Gasteiger partial charge in [-0.25, -0.2) is 15.0 Å². The Labute approximate surface area is 209 Å². The lowest BCUT2D eigenvalue weighted by molar-refractivity contribution is -0.204. The van der Waals surface area contributed by atoms with Gasteiger partial charge in [0.05, 0.1) is 18.0 Å². The lowest BCUT2D eigenvalue weighted by Gasteiger charge is -2.71. The van der Waals surface area contributed by atoms with Crippen molar-refractivity contribution in [2.75, 3.05) is 26.5 Å². The molecule has 1 N–H and O–H groups in total. The number of nitrogens with one attached hydrogen (secondary N) is 1. The molecule has 7 rings (SSSR count). The Kier molecular flexibility index (Phi) is 4.91. The van der Waals surface area contributed by atoms with Gasteiger partial charge in [-0.05, 0) is 40.3 Å². The Bertz CT molecular complexity index is 1490. The molecule has 0 radical (unpaired) electrons. The van der Waals surface area contributed by atoms with Gasteiger partial charge in [-0.3, -0.25) is 9.48 Å². The number of aryl methyl sites for hydroxylation is 2. The van der Waals surface area contributed by atoms with E-state index in [1.165, 1.54) is 11.9 Å². The zero-order valence-corrected chi connectivity index (χ0v) is 21.2. The minimum atomic E-state index is -0.316. The molecule has 3 aromatic heterocycles. The van der Waals surface area contributed by atoms with Crippen LogP contribution in [0, 0.1) is 12.3 Å². The standard InChI is InChI=1S/C27H29N7O2/c1-16-6-8-17(9-7-16)21-18(11-34(4)32-21)22-23-19(28-15-29-22)10-20(36-5)24(30-23)31-25(35)26-12-27(13-26,14-26)33(2)3/h6-11,15H,12-14H2,1-5H3,(H,30,31,35). The number of benzene rings is 1. The molecule has 3 saturated carbocycles. The average molecular weight is 484 g/mol. The van der Waals surface area contributed by atoms with E-state index >= 15 is 0 Å². The van der Waals surface area contributed by atoms with Crippen molar-refractivity contribution in [3.8, 4) is 28.3 Å². The van der Waals surface area contributed by atoms with Gasteiger partial charge in [0, 0.05) is 36.0 Å². The summed E-state index contributed by atoms with van der Waals surface area (Å²) in [6.07, 6.45) is 6.07. The molecule has 184 valence electrons. The molecule has 0 spiro atoms. The molecule has 9 heteroatoms. The van der Waals surface area contributed by atoms with Crippen LogP contribution >= 0.6 is 0 Å². The number of hydrogen-bond donors (Lipinski definition) is 1. The van der Waals surface area contributed by atoms with E-state index in [1.807, 2.05) is 13.2 Å². The molecular formula is C27H29N7O2. The molecule has 0 unspecified atom stereocenters. The van der Waals surface area contributed by atoms with E-state index in [4.69, 9.17) is 14.8 Å². The van der Waals surface area contributed by atoms with Crippen molar-refractivity contribution in [1.29, 1.82) is 0 Å². The highest BCUT2D eigenvalue weighted by atomic mass is 16.5. The highest BCUT2D eigenvalue weighted by Gasteiger charge is 2.72. The number of hydrogen-bond acceptors (Lipinski definition) is 7. The van der Waals surface area contributed by atoms with E-state index in [-0.39, 0.29) is 16.9 Å². The van der Waals surface area contributed by atoms with Crippen molar-refractivity contribution in [3.63, 3.8) is 0 Å². The van der Waals surface area contributed by atoms with Gasteiger partial charge in [-0.15, -0.1) is 0 Å². The van der Waals surface area contributed by atoms with Crippen LogP contribution in [0.5, 0.6) is 5.75 Å². The van der Waals surface area contributed by atoms with Crippen LogP contribution in [0.4, 0.5) is 5.82 Å². The van der Waals surface area contributed by atoms with Crippen LogP contribution < -0.4 is 10.1 Å². The van der Waals surface area contributed by atoms with Crippen LogP contribution in [0.2, 0.25) is 0 Å². The van der Waals surface area contributed by atoms with Crippen molar-refractivity contribution in [1.82, 2.24) is 29.6 Å². The first-order valence-corrected chi connectivity index (χ1v) is 12.0. The molecule has 4 aromatic rings. The summed E-state index contributed by atoms with van der Waals surface area (Å²) in [4.78, 5) is 29.4. The fourth-order valence-electron chi connectivity index (χ4n) is 5.69. The Morgan fingerprint density at radius 2 is 1.83 bits per heavy atom. The van der Waals surface area contributed by atoms with Gasteiger partial charge in [0.25, 0.3) is 0 Å². The normalized spacial score (nSPS) is 22.3. The third kappa shape index (κ3) is 3.30.